The number of allylic oxidation sites excluding steroid dienone is 1. The Bertz CT molecular complexity index is 305. The fraction of sp³-hybridized carbons (Fsp3) is 0.933. The SMILES string of the molecule is [CH]=CCCCCC(CCC)CCCCCCCCCCCCCCCCCCCC. The van der Waals surface area contributed by atoms with Gasteiger partial charge in [0.25, 0.3) is 0 Å². The predicted molar refractivity (Wildman–Crippen MR) is 139 cm³/mol. The van der Waals surface area contributed by atoms with Gasteiger partial charge in [0.05, 0.1) is 0 Å². The van der Waals surface area contributed by atoms with Crippen LogP contribution >= 0.6 is 0 Å². The fourth-order valence-electron chi connectivity index (χ4n) is 4.87. The van der Waals surface area contributed by atoms with Crippen LogP contribution in [-0.2, 0) is 0 Å². The van der Waals surface area contributed by atoms with Gasteiger partial charge in [-0.15, -0.1) is 0 Å². The zero-order valence-electron chi connectivity index (χ0n) is 21.4. The van der Waals surface area contributed by atoms with Crippen LogP contribution in [0.3, 0.4) is 0 Å². The van der Waals surface area contributed by atoms with E-state index in [1.165, 1.54) is 154 Å². The van der Waals surface area contributed by atoms with E-state index in [-0.39, 0.29) is 0 Å². The number of rotatable bonds is 26. The molecule has 0 aliphatic rings. The van der Waals surface area contributed by atoms with Crippen LogP contribution in [0.2, 0.25) is 0 Å². The molecular formula is C30H59. The molecule has 30 heavy (non-hydrogen) atoms. The molecule has 0 rings (SSSR count). The molecule has 0 saturated carbocycles. The molecule has 0 nitrogen and oxygen atoms in total. The molecule has 0 aromatic heterocycles. The molecule has 0 heteroatoms. The van der Waals surface area contributed by atoms with Crippen molar-refractivity contribution in [3.63, 3.8) is 0 Å². The normalized spacial score (nSPS) is 12.3. The summed E-state index contributed by atoms with van der Waals surface area (Å²) in [7, 11) is 0. The largest absolute Gasteiger partial charge is 0.0845 e. The van der Waals surface area contributed by atoms with Crippen molar-refractivity contribution in [3.05, 3.63) is 12.7 Å². The van der Waals surface area contributed by atoms with Gasteiger partial charge in [0.15, 0.2) is 0 Å². The zero-order valence-corrected chi connectivity index (χ0v) is 21.4. The average molecular weight is 420 g/mol. The first-order valence-corrected chi connectivity index (χ1v) is 14.4. The standard InChI is InChI=1S/C30H59/c1-4-7-9-11-12-13-14-15-16-17-18-19-20-21-22-23-24-26-29-30(27-6-3)28-25-10-8-5-2/h2,5,30H,4,6-29H2,1,3H3. The van der Waals surface area contributed by atoms with Gasteiger partial charge in [-0.1, -0.05) is 174 Å². The summed E-state index contributed by atoms with van der Waals surface area (Å²) < 4.78 is 0. The molecule has 0 heterocycles. The van der Waals surface area contributed by atoms with Gasteiger partial charge in [0.1, 0.15) is 0 Å². The van der Waals surface area contributed by atoms with Gasteiger partial charge in [-0.25, -0.2) is 0 Å². The fourth-order valence-corrected chi connectivity index (χ4v) is 4.87. The summed E-state index contributed by atoms with van der Waals surface area (Å²) in [4.78, 5) is 0. The van der Waals surface area contributed by atoms with Crippen LogP contribution in [0.15, 0.2) is 6.08 Å². The van der Waals surface area contributed by atoms with Gasteiger partial charge in [-0.3, -0.25) is 0 Å². The minimum atomic E-state index is 0.980. The lowest BCUT2D eigenvalue weighted by Gasteiger charge is -2.15. The molecule has 0 N–H and O–H groups in total. The van der Waals surface area contributed by atoms with Crippen molar-refractivity contribution in [2.45, 2.75) is 174 Å². The Hall–Kier alpha value is -0.260. The van der Waals surface area contributed by atoms with E-state index >= 15 is 0 Å². The minimum Gasteiger partial charge on any atom is -0.0845 e. The van der Waals surface area contributed by atoms with Crippen LogP contribution in [0, 0.1) is 12.5 Å². The van der Waals surface area contributed by atoms with Crippen LogP contribution in [0.4, 0.5) is 0 Å². The summed E-state index contributed by atoms with van der Waals surface area (Å²) in [5.41, 5.74) is 0. The van der Waals surface area contributed by atoms with Crippen molar-refractivity contribution < 1.29 is 0 Å². The molecule has 0 aromatic rings. The summed E-state index contributed by atoms with van der Waals surface area (Å²) in [5, 5.41) is 0. The van der Waals surface area contributed by atoms with Crippen molar-refractivity contribution in [1.82, 2.24) is 0 Å². The number of unbranched alkanes of at least 4 members (excludes halogenated alkanes) is 19. The van der Waals surface area contributed by atoms with Gasteiger partial charge >= 0.3 is 0 Å². The Morgan fingerprint density at radius 1 is 0.433 bits per heavy atom. The molecule has 0 spiro atoms. The summed E-state index contributed by atoms with van der Waals surface area (Å²) in [6, 6.07) is 0. The molecule has 0 fully saturated rings. The monoisotopic (exact) mass is 419 g/mol. The summed E-state index contributed by atoms with van der Waals surface area (Å²) in [6.07, 6.45) is 37.7. The van der Waals surface area contributed by atoms with Gasteiger partial charge < -0.3 is 0 Å². The van der Waals surface area contributed by atoms with Crippen LogP contribution in [-0.4, -0.2) is 0 Å². The maximum atomic E-state index is 5.49. The van der Waals surface area contributed by atoms with E-state index in [0.29, 0.717) is 0 Å². The van der Waals surface area contributed by atoms with Crippen LogP contribution in [0.1, 0.15) is 174 Å². The van der Waals surface area contributed by atoms with Gasteiger partial charge in [0, 0.05) is 0 Å². The van der Waals surface area contributed by atoms with E-state index < -0.39 is 0 Å². The van der Waals surface area contributed by atoms with Crippen molar-refractivity contribution in [3.8, 4) is 0 Å². The molecule has 1 atom stereocenters. The highest BCUT2D eigenvalue weighted by molar-refractivity contribution is 4.65. The van der Waals surface area contributed by atoms with E-state index in [2.05, 4.69) is 13.8 Å². The molecule has 0 bridgehead atoms. The number of hydrogen-bond donors (Lipinski definition) is 0. The molecule has 0 aliphatic carbocycles. The molecule has 179 valence electrons. The van der Waals surface area contributed by atoms with Crippen molar-refractivity contribution in [1.29, 1.82) is 0 Å². The third-order valence-corrected chi connectivity index (χ3v) is 6.90. The van der Waals surface area contributed by atoms with Gasteiger partial charge in [-0.2, -0.15) is 0 Å². The molecule has 0 aliphatic heterocycles. The lowest BCUT2D eigenvalue weighted by atomic mass is 9.91. The van der Waals surface area contributed by atoms with Crippen LogP contribution < -0.4 is 0 Å². The predicted octanol–water partition coefficient (Wildman–Crippen LogP) is 11.4. The first kappa shape index (κ1) is 29.7. The minimum absolute atomic E-state index is 0.980. The molecule has 0 saturated heterocycles. The van der Waals surface area contributed by atoms with E-state index in [1.54, 1.807) is 0 Å². The smallest absolute Gasteiger partial charge is 0.0348 e. The Labute approximate surface area is 193 Å². The highest BCUT2D eigenvalue weighted by Crippen LogP contribution is 2.23. The summed E-state index contributed by atoms with van der Waals surface area (Å²) in [5.74, 6) is 0.980. The highest BCUT2D eigenvalue weighted by Gasteiger charge is 2.07. The Balaban J connectivity index is 3.25. The Kier molecular flexibility index (Phi) is 26.5. The maximum Gasteiger partial charge on any atom is -0.0348 e. The quantitative estimate of drug-likeness (QED) is 0.122. The molecule has 1 radical (unpaired) electrons. The van der Waals surface area contributed by atoms with Crippen molar-refractivity contribution in [2.75, 3.05) is 0 Å². The van der Waals surface area contributed by atoms with Gasteiger partial charge in [-0.05, 0) is 18.8 Å². The summed E-state index contributed by atoms with van der Waals surface area (Å²) >= 11 is 0. The van der Waals surface area contributed by atoms with E-state index in [1.807, 2.05) is 6.08 Å². The van der Waals surface area contributed by atoms with E-state index in [9.17, 15) is 0 Å². The first-order valence-electron chi connectivity index (χ1n) is 14.4. The van der Waals surface area contributed by atoms with Crippen molar-refractivity contribution >= 4 is 0 Å². The van der Waals surface area contributed by atoms with Crippen molar-refractivity contribution in [2.24, 2.45) is 5.92 Å². The average Bonchev–Trinajstić information content (AvgIpc) is 2.75. The zero-order chi connectivity index (χ0) is 22.0. The molecular weight excluding hydrogens is 360 g/mol. The third-order valence-electron chi connectivity index (χ3n) is 6.90. The highest BCUT2D eigenvalue weighted by atomic mass is 14.1. The molecule has 0 amide bonds. The van der Waals surface area contributed by atoms with E-state index in [4.69, 9.17) is 6.58 Å². The topological polar surface area (TPSA) is 0 Å². The second kappa shape index (κ2) is 26.8. The lowest BCUT2D eigenvalue weighted by molar-refractivity contribution is 0.381. The Morgan fingerprint density at radius 2 is 0.800 bits per heavy atom. The van der Waals surface area contributed by atoms with Crippen LogP contribution in [0.25, 0.3) is 0 Å². The second-order valence-electron chi connectivity index (χ2n) is 9.97. The Morgan fingerprint density at radius 3 is 1.17 bits per heavy atom. The molecule has 0 aromatic carbocycles. The third kappa shape index (κ3) is 24.0. The lowest BCUT2D eigenvalue weighted by Crippen LogP contribution is -2.00. The van der Waals surface area contributed by atoms with Crippen LogP contribution in [0.5, 0.6) is 0 Å². The number of hydrogen-bond acceptors (Lipinski definition) is 0. The van der Waals surface area contributed by atoms with E-state index in [0.717, 1.165) is 12.3 Å². The molecule has 1 unspecified atom stereocenters. The first-order chi connectivity index (χ1) is 14.8. The van der Waals surface area contributed by atoms with Gasteiger partial charge in [0.2, 0.25) is 0 Å². The summed E-state index contributed by atoms with van der Waals surface area (Å²) in [6.45, 7) is 10.1. The second-order valence-corrected chi connectivity index (χ2v) is 9.97. The maximum absolute atomic E-state index is 5.49.